The number of aromatic nitrogens is 1. The van der Waals surface area contributed by atoms with Crippen molar-refractivity contribution >= 4 is 46.2 Å². The molecule has 1 aliphatic heterocycles. The molecule has 1 aromatic heterocycles. The second kappa shape index (κ2) is 8.64. The van der Waals surface area contributed by atoms with Gasteiger partial charge in [-0.3, -0.25) is 14.5 Å². The number of pyridine rings is 1. The Bertz CT molecular complexity index is 1240. The van der Waals surface area contributed by atoms with Gasteiger partial charge in [-0.25, -0.2) is 9.37 Å². The fourth-order valence-electron chi connectivity index (χ4n) is 3.36. The van der Waals surface area contributed by atoms with Gasteiger partial charge in [-0.15, -0.1) is 0 Å². The van der Waals surface area contributed by atoms with Crippen molar-refractivity contribution in [2.24, 2.45) is 5.92 Å². The van der Waals surface area contributed by atoms with Gasteiger partial charge >= 0.3 is 6.18 Å². The van der Waals surface area contributed by atoms with Crippen LogP contribution in [0.5, 0.6) is 0 Å². The number of hydrogen-bond acceptors (Lipinski definition) is 5. The highest BCUT2D eigenvalue weighted by Crippen LogP contribution is 2.39. The molecule has 1 N–H and O–H groups in total. The van der Waals surface area contributed by atoms with Gasteiger partial charge in [0.25, 0.3) is 5.91 Å². The van der Waals surface area contributed by atoms with E-state index in [4.69, 9.17) is 17.5 Å². The van der Waals surface area contributed by atoms with Crippen LogP contribution in [0.15, 0.2) is 30.5 Å². The number of hydrogen-bond donors (Lipinski definition) is 1. The number of thiocarbonyl (C=S) groups is 1. The van der Waals surface area contributed by atoms with Crippen LogP contribution in [0.2, 0.25) is 0 Å². The zero-order valence-electron chi connectivity index (χ0n) is 18.5. The van der Waals surface area contributed by atoms with E-state index in [0.29, 0.717) is 6.07 Å². The Morgan fingerprint density at radius 2 is 1.88 bits per heavy atom. The first kappa shape index (κ1) is 25.0. The Morgan fingerprint density at radius 3 is 2.41 bits per heavy atom. The second-order valence-corrected chi connectivity index (χ2v) is 8.69. The molecule has 1 fully saturated rings. The third kappa shape index (κ3) is 4.31. The number of benzene rings is 1. The molecule has 2 amide bonds. The summed E-state index contributed by atoms with van der Waals surface area (Å²) in [5.41, 5.74) is -3.73. The fraction of sp³-hybridized carbons (Fsp3) is 0.318. The molecule has 12 heteroatoms. The monoisotopic (exact) mass is 493 g/mol. The molecule has 3 rings (SSSR count). The van der Waals surface area contributed by atoms with E-state index in [2.05, 4.69) is 10.3 Å². The molecule has 0 radical (unpaired) electrons. The molecule has 0 unspecified atom stereocenters. The number of carbonyl (C=O) groups excluding carboxylic acids is 2. The van der Waals surface area contributed by atoms with Crippen LogP contribution in [0.3, 0.4) is 0 Å². The lowest BCUT2D eigenvalue weighted by Crippen LogP contribution is -2.44. The van der Waals surface area contributed by atoms with E-state index in [-0.39, 0.29) is 34.0 Å². The number of halogens is 4. The minimum atomic E-state index is -4.88. The lowest BCUT2D eigenvalue weighted by molar-refractivity contribution is -0.138. The maximum absolute atomic E-state index is 14.7. The van der Waals surface area contributed by atoms with Gasteiger partial charge in [-0.05, 0) is 50.3 Å². The number of amides is 2. The maximum atomic E-state index is 14.7. The SMILES string of the molecule is CC(C)C(=O)Nc1ccc(N2C(=S)N(c3cnc(C#N)c(C(F)(F)F)c3)C(=O)C2(C)C)cc1F. The number of nitrogens with zero attached hydrogens (tertiary/aromatic N) is 4. The number of nitriles is 1. The van der Waals surface area contributed by atoms with Crippen molar-refractivity contribution in [3.05, 3.63) is 47.5 Å². The summed E-state index contributed by atoms with van der Waals surface area (Å²) in [6.07, 6.45) is -3.93. The van der Waals surface area contributed by atoms with E-state index < -0.39 is 34.7 Å². The number of carbonyl (C=O) groups is 2. The molecule has 0 saturated carbocycles. The molecule has 0 spiro atoms. The highest BCUT2D eigenvalue weighted by atomic mass is 32.1. The van der Waals surface area contributed by atoms with E-state index in [0.717, 1.165) is 17.2 Å². The van der Waals surface area contributed by atoms with Crippen molar-refractivity contribution in [2.75, 3.05) is 15.1 Å². The van der Waals surface area contributed by atoms with Crippen molar-refractivity contribution in [3.8, 4) is 6.07 Å². The number of anilines is 3. The van der Waals surface area contributed by atoms with Crippen molar-refractivity contribution in [3.63, 3.8) is 0 Å². The topological polar surface area (TPSA) is 89.3 Å². The number of rotatable bonds is 4. The number of alkyl halides is 3. The molecule has 0 atom stereocenters. The lowest BCUT2D eigenvalue weighted by Gasteiger charge is -2.29. The van der Waals surface area contributed by atoms with Crippen LogP contribution in [0, 0.1) is 23.1 Å². The van der Waals surface area contributed by atoms with Crippen LogP contribution in [0.25, 0.3) is 0 Å². The Morgan fingerprint density at radius 1 is 1.24 bits per heavy atom. The first-order chi connectivity index (χ1) is 15.7. The minimum absolute atomic E-state index is 0.0698. The van der Waals surface area contributed by atoms with Crippen molar-refractivity contribution in [1.29, 1.82) is 5.26 Å². The predicted octanol–water partition coefficient (Wildman–Crippen LogP) is 4.62. The molecule has 34 heavy (non-hydrogen) atoms. The van der Waals surface area contributed by atoms with Crippen molar-refractivity contribution < 1.29 is 27.2 Å². The van der Waals surface area contributed by atoms with Gasteiger partial charge in [0, 0.05) is 11.6 Å². The summed E-state index contributed by atoms with van der Waals surface area (Å²) in [4.78, 5) is 30.8. The van der Waals surface area contributed by atoms with Gasteiger partial charge in [0.1, 0.15) is 17.4 Å². The van der Waals surface area contributed by atoms with Crippen molar-refractivity contribution in [2.45, 2.75) is 39.4 Å². The first-order valence-electron chi connectivity index (χ1n) is 9.96. The molecule has 178 valence electrons. The van der Waals surface area contributed by atoms with Crippen LogP contribution < -0.4 is 15.1 Å². The molecule has 2 aromatic rings. The highest BCUT2D eigenvalue weighted by Gasteiger charge is 2.51. The van der Waals surface area contributed by atoms with E-state index in [1.54, 1.807) is 13.8 Å². The summed E-state index contributed by atoms with van der Waals surface area (Å²) in [7, 11) is 0. The average molecular weight is 493 g/mol. The van der Waals surface area contributed by atoms with E-state index in [9.17, 15) is 27.2 Å². The lowest BCUT2D eigenvalue weighted by atomic mass is 10.0. The maximum Gasteiger partial charge on any atom is 0.419 e. The molecule has 1 aromatic carbocycles. The Hall–Kier alpha value is -3.59. The summed E-state index contributed by atoms with van der Waals surface area (Å²) in [6.45, 7) is 6.26. The van der Waals surface area contributed by atoms with Gasteiger partial charge in [0.2, 0.25) is 5.91 Å². The second-order valence-electron chi connectivity index (χ2n) is 8.32. The van der Waals surface area contributed by atoms with Crippen LogP contribution in [0.4, 0.5) is 34.6 Å². The fourth-order valence-corrected chi connectivity index (χ4v) is 3.88. The van der Waals surface area contributed by atoms with Gasteiger partial charge in [-0.1, -0.05) is 13.8 Å². The third-order valence-electron chi connectivity index (χ3n) is 5.20. The van der Waals surface area contributed by atoms with Crippen LogP contribution >= 0.6 is 12.2 Å². The van der Waals surface area contributed by atoms with Gasteiger partial charge < -0.3 is 10.2 Å². The molecule has 1 saturated heterocycles. The van der Waals surface area contributed by atoms with Crippen LogP contribution in [0.1, 0.15) is 39.0 Å². The third-order valence-corrected chi connectivity index (χ3v) is 5.57. The Balaban J connectivity index is 2.03. The Kier molecular flexibility index (Phi) is 6.36. The molecular weight excluding hydrogens is 474 g/mol. The predicted molar refractivity (Wildman–Crippen MR) is 120 cm³/mol. The summed E-state index contributed by atoms with van der Waals surface area (Å²) in [5.74, 6) is -2.22. The summed E-state index contributed by atoms with van der Waals surface area (Å²) < 4.78 is 55.0. The molecule has 2 heterocycles. The molecule has 0 bridgehead atoms. The summed E-state index contributed by atoms with van der Waals surface area (Å²) >= 11 is 5.39. The molecule has 0 aliphatic carbocycles. The first-order valence-corrected chi connectivity index (χ1v) is 10.4. The quantitative estimate of drug-likeness (QED) is 0.494. The number of nitrogens with one attached hydrogen (secondary N) is 1. The smallest absolute Gasteiger partial charge is 0.323 e. The van der Waals surface area contributed by atoms with Crippen LogP contribution in [-0.4, -0.2) is 27.4 Å². The van der Waals surface area contributed by atoms with Gasteiger partial charge in [-0.2, -0.15) is 18.4 Å². The minimum Gasteiger partial charge on any atom is -0.323 e. The van der Waals surface area contributed by atoms with E-state index >= 15 is 0 Å². The molecule has 1 aliphatic rings. The van der Waals surface area contributed by atoms with E-state index in [1.807, 2.05) is 0 Å². The van der Waals surface area contributed by atoms with Gasteiger partial charge in [0.05, 0.1) is 23.1 Å². The average Bonchev–Trinajstić information content (AvgIpc) is 2.92. The highest BCUT2D eigenvalue weighted by molar-refractivity contribution is 7.81. The standard InChI is InChI=1S/C22H19F4N5O2S/c1-11(2)18(32)29-16-6-5-12(8-15(16)23)31-20(34)30(19(33)21(31,3)4)13-7-14(22(24,25)26)17(9-27)28-10-13/h5-8,10-11H,1-4H3,(H,29,32). The zero-order valence-corrected chi connectivity index (χ0v) is 19.3. The van der Waals surface area contributed by atoms with Crippen molar-refractivity contribution in [1.82, 2.24) is 4.98 Å². The van der Waals surface area contributed by atoms with Crippen LogP contribution in [-0.2, 0) is 15.8 Å². The molecular formula is C22H19F4N5O2S. The zero-order chi connectivity index (χ0) is 25.6. The van der Waals surface area contributed by atoms with Gasteiger partial charge in [0.15, 0.2) is 10.8 Å². The Labute approximate surface area is 198 Å². The summed E-state index contributed by atoms with van der Waals surface area (Å²) in [6, 6.07) is 5.81. The molecule has 7 nitrogen and oxygen atoms in total. The normalized spacial score (nSPS) is 15.6. The summed E-state index contributed by atoms with van der Waals surface area (Å²) in [5, 5.41) is 11.2. The van der Waals surface area contributed by atoms with E-state index in [1.165, 1.54) is 36.9 Å². The largest absolute Gasteiger partial charge is 0.419 e.